The van der Waals surface area contributed by atoms with E-state index in [1.807, 2.05) is 18.4 Å². The Kier molecular flexibility index (Phi) is 11.7. The molecule has 0 amide bonds. The van der Waals surface area contributed by atoms with E-state index in [1.165, 1.54) is 30.8 Å². The molecule has 0 aliphatic carbocycles. The number of rotatable bonds is 9. The van der Waals surface area contributed by atoms with Crippen LogP contribution in [0.15, 0.2) is 22.5 Å². The average Bonchev–Trinajstić information content (AvgIpc) is 3.26. The normalized spacial score (nSPS) is 16.7. The first-order chi connectivity index (χ1) is 11.7. The summed E-state index contributed by atoms with van der Waals surface area (Å²) in [6, 6.07) is 4.83. The molecule has 5 nitrogen and oxygen atoms in total. The van der Waals surface area contributed by atoms with E-state index in [0.29, 0.717) is 12.1 Å². The number of nitrogens with zero attached hydrogens (tertiary/aromatic N) is 2. The van der Waals surface area contributed by atoms with Crippen molar-refractivity contribution in [2.75, 3.05) is 39.8 Å². The van der Waals surface area contributed by atoms with Gasteiger partial charge in [-0.05, 0) is 57.6 Å². The maximum Gasteiger partial charge on any atom is 0.191 e. The Labute approximate surface area is 173 Å². The van der Waals surface area contributed by atoms with Gasteiger partial charge >= 0.3 is 0 Å². The van der Waals surface area contributed by atoms with Gasteiger partial charge < -0.3 is 15.4 Å². The molecule has 1 atom stereocenters. The smallest absolute Gasteiger partial charge is 0.191 e. The van der Waals surface area contributed by atoms with Crippen molar-refractivity contribution in [1.82, 2.24) is 15.5 Å². The third kappa shape index (κ3) is 8.23. The van der Waals surface area contributed by atoms with Gasteiger partial charge in [-0.25, -0.2) is 0 Å². The third-order valence-electron chi connectivity index (χ3n) is 4.20. The third-order valence-corrected chi connectivity index (χ3v) is 5.18. The summed E-state index contributed by atoms with van der Waals surface area (Å²) >= 11 is 1.85. The Hall–Kier alpha value is -0.380. The summed E-state index contributed by atoms with van der Waals surface area (Å²) in [5.74, 6) is 0.875. The minimum atomic E-state index is 0. The number of ether oxygens (including phenoxy) is 1. The Morgan fingerprint density at radius 2 is 2.08 bits per heavy atom. The maximum atomic E-state index is 5.57. The van der Waals surface area contributed by atoms with Crippen LogP contribution in [-0.2, 0) is 4.74 Å². The Bertz CT molecular complexity index is 475. The first-order valence-electron chi connectivity index (χ1n) is 9.04. The van der Waals surface area contributed by atoms with Crippen LogP contribution in [0.25, 0.3) is 0 Å². The molecule has 0 bridgehead atoms. The van der Waals surface area contributed by atoms with E-state index in [2.05, 4.69) is 51.9 Å². The van der Waals surface area contributed by atoms with Gasteiger partial charge in [0.1, 0.15) is 0 Å². The standard InChI is InChI=1S/C18H32N4OS.HI/c1-15(2)23-12-7-9-20-18(19-3)21-14-16(17-8-6-13-24-17)22-10-4-5-11-22;/h6,8,13,15-16H,4-5,7,9-12,14H2,1-3H3,(H2,19,20,21);1H. The number of likely N-dealkylation sites (tertiary alicyclic amines) is 1. The largest absolute Gasteiger partial charge is 0.379 e. The van der Waals surface area contributed by atoms with E-state index < -0.39 is 0 Å². The molecule has 1 saturated heterocycles. The molecule has 1 unspecified atom stereocenters. The number of nitrogens with one attached hydrogen (secondary N) is 2. The summed E-state index contributed by atoms with van der Waals surface area (Å²) in [6.45, 7) is 9.08. The summed E-state index contributed by atoms with van der Waals surface area (Å²) in [7, 11) is 1.83. The van der Waals surface area contributed by atoms with Crippen LogP contribution in [0.1, 0.15) is 44.0 Å². The van der Waals surface area contributed by atoms with Crippen LogP contribution in [0.5, 0.6) is 0 Å². The van der Waals surface area contributed by atoms with Crippen molar-refractivity contribution in [3.8, 4) is 0 Å². The molecule has 1 aliphatic heterocycles. The Balaban J connectivity index is 0.00000312. The van der Waals surface area contributed by atoms with Crippen LogP contribution in [0, 0.1) is 0 Å². The highest BCUT2D eigenvalue weighted by Crippen LogP contribution is 2.27. The van der Waals surface area contributed by atoms with Crippen LogP contribution in [0.4, 0.5) is 0 Å². The average molecular weight is 480 g/mol. The molecule has 2 N–H and O–H groups in total. The van der Waals surface area contributed by atoms with Crippen LogP contribution in [0.2, 0.25) is 0 Å². The molecule has 1 aromatic rings. The molecule has 0 spiro atoms. The van der Waals surface area contributed by atoms with Crippen molar-refractivity contribution in [2.45, 2.75) is 45.3 Å². The highest BCUT2D eigenvalue weighted by atomic mass is 127. The van der Waals surface area contributed by atoms with Crippen LogP contribution >= 0.6 is 35.3 Å². The van der Waals surface area contributed by atoms with Crippen molar-refractivity contribution >= 4 is 41.3 Å². The first-order valence-corrected chi connectivity index (χ1v) is 9.92. The lowest BCUT2D eigenvalue weighted by Crippen LogP contribution is -2.42. The van der Waals surface area contributed by atoms with Gasteiger partial charge in [0.05, 0.1) is 12.1 Å². The predicted octanol–water partition coefficient (Wildman–Crippen LogP) is 3.48. The molecule has 0 radical (unpaired) electrons. The van der Waals surface area contributed by atoms with E-state index in [9.17, 15) is 0 Å². The van der Waals surface area contributed by atoms with E-state index in [1.54, 1.807) is 0 Å². The van der Waals surface area contributed by atoms with Crippen LogP contribution in [-0.4, -0.2) is 56.8 Å². The zero-order valence-electron chi connectivity index (χ0n) is 15.7. The van der Waals surface area contributed by atoms with Gasteiger partial charge in [-0.3, -0.25) is 9.89 Å². The number of aliphatic imine (C=N–C) groups is 1. The molecular weight excluding hydrogens is 447 g/mol. The fraction of sp³-hybridized carbons (Fsp3) is 0.722. The van der Waals surface area contributed by atoms with E-state index in [-0.39, 0.29) is 24.0 Å². The molecule has 1 aromatic heterocycles. The lowest BCUT2D eigenvalue weighted by molar-refractivity contribution is 0.0776. The quantitative estimate of drug-likeness (QED) is 0.246. The van der Waals surface area contributed by atoms with Crippen LogP contribution in [0.3, 0.4) is 0 Å². The van der Waals surface area contributed by atoms with Gasteiger partial charge in [0.25, 0.3) is 0 Å². The summed E-state index contributed by atoms with van der Waals surface area (Å²) in [4.78, 5) is 8.36. The molecular formula is C18H33IN4OS. The molecule has 0 aromatic carbocycles. The van der Waals surface area contributed by atoms with Gasteiger partial charge in [0.2, 0.25) is 0 Å². The number of guanidine groups is 1. The highest BCUT2D eigenvalue weighted by Gasteiger charge is 2.24. The summed E-state index contributed by atoms with van der Waals surface area (Å²) in [5, 5.41) is 9.04. The van der Waals surface area contributed by atoms with Gasteiger partial charge in [-0.1, -0.05) is 6.07 Å². The van der Waals surface area contributed by atoms with Crippen LogP contribution < -0.4 is 10.6 Å². The fourth-order valence-electron chi connectivity index (χ4n) is 2.96. The molecule has 144 valence electrons. The maximum absolute atomic E-state index is 5.57. The van der Waals surface area contributed by atoms with Gasteiger partial charge in [-0.15, -0.1) is 35.3 Å². The molecule has 7 heteroatoms. The molecule has 2 heterocycles. The molecule has 0 saturated carbocycles. The number of hydrogen-bond donors (Lipinski definition) is 2. The topological polar surface area (TPSA) is 48.9 Å². The molecule has 1 aliphatic rings. The number of thiophene rings is 1. The van der Waals surface area contributed by atoms with Crippen molar-refractivity contribution in [3.63, 3.8) is 0 Å². The lowest BCUT2D eigenvalue weighted by Gasteiger charge is -2.27. The number of halogens is 1. The molecule has 25 heavy (non-hydrogen) atoms. The lowest BCUT2D eigenvalue weighted by atomic mass is 10.2. The zero-order chi connectivity index (χ0) is 17.2. The predicted molar refractivity (Wildman–Crippen MR) is 118 cm³/mol. The summed E-state index contributed by atoms with van der Waals surface area (Å²) < 4.78 is 5.57. The van der Waals surface area contributed by atoms with Gasteiger partial charge in [0, 0.05) is 31.6 Å². The monoisotopic (exact) mass is 480 g/mol. The van der Waals surface area contributed by atoms with Crippen molar-refractivity contribution in [2.24, 2.45) is 4.99 Å². The fourth-order valence-corrected chi connectivity index (χ4v) is 3.82. The SMILES string of the molecule is CN=C(NCCCOC(C)C)NCC(c1cccs1)N1CCCC1.I. The van der Waals surface area contributed by atoms with Crippen molar-refractivity contribution in [1.29, 1.82) is 0 Å². The number of hydrogen-bond acceptors (Lipinski definition) is 4. The minimum absolute atomic E-state index is 0. The van der Waals surface area contributed by atoms with E-state index >= 15 is 0 Å². The van der Waals surface area contributed by atoms with Gasteiger partial charge in [-0.2, -0.15) is 0 Å². The highest BCUT2D eigenvalue weighted by molar-refractivity contribution is 14.0. The zero-order valence-corrected chi connectivity index (χ0v) is 18.8. The van der Waals surface area contributed by atoms with E-state index in [4.69, 9.17) is 4.74 Å². The second-order valence-corrected chi connectivity index (χ2v) is 7.41. The molecule has 2 rings (SSSR count). The second-order valence-electron chi connectivity index (χ2n) is 6.43. The molecule has 1 fully saturated rings. The first kappa shape index (κ1) is 22.7. The van der Waals surface area contributed by atoms with Gasteiger partial charge in [0.15, 0.2) is 5.96 Å². The summed E-state index contributed by atoms with van der Waals surface area (Å²) in [5.41, 5.74) is 0. The summed E-state index contributed by atoms with van der Waals surface area (Å²) in [6.07, 6.45) is 3.91. The Morgan fingerprint density at radius 1 is 1.32 bits per heavy atom. The minimum Gasteiger partial charge on any atom is -0.379 e. The second kappa shape index (κ2) is 12.9. The van der Waals surface area contributed by atoms with E-state index in [0.717, 1.165) is 32.1 Å². The van der Waals surface area contributed by atoms with Crippen molar-refractivity contribution < 1.29 is 4.74 Å². The Morgan fingerprint density at radius 3 is 2.68 bits per heavy atom. The van der Waals surface area contributed by atoms with Crippen molar-refractivity contribution in [3.05, 3.63) is 22.4 Å².